The first-order valence-corrected chi connectivity index (χ1v) is 12.2. The molecule has 0 unspecified atom stereocenters. The number of para-hydroxylation sites is 1. The monoisotopic (exact) mass is 569 g/mol. The fraction of sp³-hybridized carbons (Fsp3) is 0.385. The summed E-state index contributed by atoms with van der Waals surface area (Å²) < 4.78 is 63.2. The van der Waals surface area contributed by atoms with Crippen molar-refractivity contribution >= 4 is 34.5 Å². The molecule has 0 radical (unpaired) electrons. The summed E-state index contributed by atoms with van der Waals surface area (Å²) >= 11 is 0. The molecule has 4 rings (SSSR count). The zero-order chi connectivity index (χ0) is 29.4. The molecule has 0 spiro atoms. The van der Waals surface area contributed by atoms with Crippen LogP contribution in [0.4, 0.5) is 33.7 Å². The number of fused-ring (bicyclic) bond motifs is 1. The number of carboxylic acids is 1. The van der Waals surface area contributed by atoms with E-state index in [2.05, 4.69) is 15.6 Å². The first kappa shape index (κ1) is 30.3. The van der Waals surface area contributed by atoms with Crippen LogP contribution in [0.2, 0.25) is 0 Å². The highest BCUT2D eigenvalue weighted by Crippen LogP contribution is 2.26. The van der Waals surface area contributed by atoms with Gasteiger partial charge in [-0.1, -0.05) is 12.1 Å². The average molecular weight is 570 g/mol. The van der Waals surface area contributed by atoms with Crippen LogP contribution in [0.1, 0.15) is 25.7 Å². The predicted molar refractivity (Wildman–Crippen MR) is 137 cm³/mol. The molecule has 14 heteroatoms. The number of benzene rings is 2. The summed E-state index contributed by atoms with van der Waals surface area (Å²) in [7, 11) is 3.92. The number of hydrogen-bond acceptors (Lipinski definition) is 7. The molecule has 1 heterocycles. The van der Waals surface area contributed by atoms with Gasteiger partial charge in [-0.15, -0.1) is 0 Å². The maximum atomic E-state index is 13.2. The number of halogens is 5. The van der Waals surface area contributed by atoms with Gasteiger partial charge in [-0.25, -0.2) is 18.6 Å². The number of rotatable bonds is 7. The molecule has 1 saturated carbocycles. The number of carboxylic acid groups (broad SMARTS) is 1. The number of nitrogens with one attached hydrogen (secondary N) is 2. The fourth-order valence-electron chi connectivity index (χ4n) is 4.01. The molecule has 0 saturated heterocycles. The molecule has 0 aliphatic heterocycles. The SMILES string of the molecule is CN(C)c1nc(N[C@H]2CC[C@@H](NC(=O)COc3ccc(F)c(F)c3)CC2)nc2ccccc12.O=C(O)C(F)(F)F. The van der Waals surface area contributed by atoms with E-state index in [1.807, 2.05) is 43.3 Å². The Balaban J connectivity index is 0.000000559. The van der Waals surface area contributed by atoms with E-state index in [1.54, 1.807) is 0 Å². The van der Waals surface area contributed by atoms with Crippen molar-refractivity contribution in [1.82, 2.24) is 15.3 Å². The summed E-state index contributed by atoms with van der Waals surface area (Å²) in [5.41, 5.74) is 0.890. The minimum absolute atomic E-state index is 0.0407. The van der Waals surface area contributed by atoms with Crippen molar-refractivity contribution in [2.75, 3.05) is 30.9 Å². The molecule has 3 aromatic rings. The van der Waals surface area contributed by atoms with Gasteiger partial charge >= 0.3 is 12.1 Å². The zero-order valence-corrected chi connectivity index (χ0v) is 21.6. The third-order valence-corrected chi connectivity index (χ3v) is 5.94. The van der Waals surface area contributed by atoms with Crippen molar-refractivity contribution in [3.63, 3.8) is 0 Å². The number of carbonyl (C=O) groups is 2. The number of ether oxygens (including phenoxy) is 1. The number of nitrogens with zero attached hydrogens (tertiary/aromatic N) is 3. The summed E-state index contributed by atoms with van der Waals surface area (Å²) in [6.07, 6.45) is -1.74. The van der Waals surface area contributed by atoms with Gasteiger partial charge in [0.25, 0.3) is 5.91 Å². The average Bonchev–Trinajstić information content (AvgIpc) is 2.90. The number of anilines is 2. The Morgan fingerprint density at radius 1 is 1.00 bits per heavy atom. The first-order chi connectivity index (χ1) is 18.8. The minimum atomic E-state index is -5.08. The first-order valence-electron chi connectivity index (χ1n) is 12.2. The Kier molecular flexibility index (Phi) is 10.0. The second-order valence-corrected chi connectivity index (χ2v) is 9.21. The third kappa shape index (κ3) is 8.64. The number of alkyl halides is 3. The Morgan fingerprint density at radius 2 is 1.62 bits per heavy atom. The van der Waals surface area contributed by atoms with Crippen molar-refractivity contribution in [2.45, 2.75) is 43.9 Å². The summed E-state index contributed by atoms with van der Waals surface area (Å²) in [6, 6.07) is 11.4. The molecule has 1 aliphatic carbocycles. The van der Waals surface area contributed by atoms with Gasteiger partial charge in [0.2, 0.25) is 5.95 Å². The molecule has 0 atom stereocenters. The van der Waals surface area contributed by atoms with Crippen LogP contribution in [-0.2, 0) is 9.59 Å². The zero-order valence-electron chi connectivity index (χ0n) is 21.6. The van der Waals surface area contributed by atoms with Gasteiger partial charge in [-0.2, -0.15) is 18.2 Å². The van der Waals surface area contributed by atoms with Gasteiger partial charge in [0.1, 0.15) is 11.6 Å². The molecule has 1 amide bonds. The van der Waals surface area contributed by atoms with Crippen molar-refractivity contribution in [3.8, 4) is 5.75 Å². The smallest absolute Gasteiger partial charge is 0.484 e. The van der Waals surface area contributed by atoms with Crippen LogP contribution >= 0.6 is 0 Å². The largest absolute Gasteiger partial charge is 0.490 e. The molecule has 1 aliphatic rings. The van der Waals surface area contributed by atoms with Crippen LogP contribution in [0.5, 0.6) is 5.75 Å². The second-order valence-electron chi connectivity index (χ2n) is 9.21. The molecule has 0 bridgehead atoms. The molecular formula is C26H28F5N5O4. The molecule has 40 heavy (non-hydrogen) atoms. The summed E-state index contributed by atoms with van der Waals surface area (Å²) in [5.74, 6) is -3.42. The standard InChI is InChI=1S/C24H27F2N5O2.C2HF3O2/c1-31(2)23-18-5-3-4-6-21(18)29-24(30-23)28-16-9-7-15(8-10-16)27-22(32)14-33-17-11-12-19(25)20(26)13-17;3-2(4,5)1(6)7/h3-6,11-13,15-16H,7-10,14H2,1-2H3,(H,27,32)(H,28,29,30);(H,6,7)/t15-,16+;. The van der Waals surface area contributed by atoms with Crippen LogP contribution in [0, 0.1) is 11.6 Å². The van der Waals surface area contributed by atoms with Crippen LogP contribution in [-0.4, -0.2) is 65.9 Å². The van der Waals surface area contributed by atoms with Crippen LogP contribution in [0.25, 0.3) is 10.9 Å². The van der Waals surface area contributed by atoms with E-state index in [1.165, 1.54) is 6.07 Å². The molecule has 2 aromatic carbocycles. The molecule has 9 nitrogen and oxygen atoms in total. The van der Waals surface area contributed by atoms with Crippen molar-refractivity contribution < 1.29 is 41.4 Å². The topological polar surface area (TPSA) is 117 Å². The Morgan fingerprint density at radius 3 is 2.23 bits per heavy atom. The Hall–Kier alpha value is -4.23. The van der Waals surface area contributed by atoms with Crippen molar-refractivity contribution in [3.05, 3.63) is 54.1 Å². The van der Waals surface area contributed by atoms with Crippen LogP contribution in [0.15, 0.2) is 42.5 Å². The highest BCUT2D eigenvalue weighted by atomic mass is 19.4. The van der Waals surface area contributed by atoms with E-state index in [-0.39, 0.29) is 30.3 Å². The molecule has 1 aromatic heterocycles. The lowest BCUT2D eigenvalue weighted by Gasteiger charge is -2.30. The lowest BCUT2D eigenvalue weighted by Crippen LogP contribution is -2.42. The van der Waals surface area contributed by atoms with Gasteiger partial charge in [0.05, 0.1) is 5.52 Å². The quantitative estimate of drug-likeness (QED) is 0.356. The number of hydrogen-bond donors (Lipinski definition) is 3. The van der Waals surface area contributed by atoms with E-state index in [4.69, 9.17) is 19.6 Å². The molecule has 1 fully saturated rings. The Bertz CT molecular complexity index is 1330. The fourth-order valence-corrected chi connectivity index (χ4v) is 4.01. The van der Waals surface area contributed by atoms with Crippen LogP contribution < -0.4 is 20.3 Å². The van der Waals surface area contributed by atoms with E-state index in [0.29, 0.717) is 5.95 Å². The van der Waals surface area contributed by atoms with Crippen molar-refractivity contribution in [2.24, 2.45) is 0 Å². The summed E-state index contributed by atoms with van der Waals surface area (Å²) in [5, 5.41) is 14.5. The molecule has 216 valence electrons. The molecule has 3 N–H and O–H groups in total. The predicted octanol–water partition coefficient (Wildman–Crippen LogP) is 4.53. The maximum absolute atomic E-state index is 13.2. The normalized spacial score (nSPS) is 16.9. The number of carbonyl (C=O) groups excluding carboxylic acids is 1. The van der Waals surface area contributed by atoms with E-state index < -0.39 is 23.8 Å². The number of aliphatic carboxylic acids is 1. The van der Waals surface area contributed by atoms with E-state index >= 15 is 0 Å². The van der Waals surface area contributed by atoms with Crippen LogP contribution in [0.3, 0.4) is 0 Å². The third-order valence-electron chi connectivity index (χ3n) is 5.94. The van der Waals surface area contributed by atoms with Gasteiger partial charge in [-0.05, 0) is 49.9 Å². The summed E-state index contributed by atoms with van der Waals surface area (Å²) in [6.45, 7) is -0.249. The highest BCUT2D eigenvalue weighted by molar-refractivity contribution is 5.90. The van der Waals surface area contributed by atoms with Gasteiger partial charge < -0.3 is 25.4 Å². The Labute approximate surface area is 226 Å². The minimum Gasteiger partial charge on any atom is -0.484 e. The number of aromatic nitrogens is 2. The molecular weight excluding hydrogens is 541 g/mol. The van der Waals surface area contributed by atoms with Gasteiger partial charge in [0, 0.05) is 37.6 Å². The lowest BCUT2D eigenvalue weighted by atomic mass is 9.91. The lowest BCUT2D eigenvalue weighted by molar-refractivity contribution is -0.192. The van der Waals surface area contributed by atoms with E-state index in [0.717, 1.165) is 54.5 Å². The van der Waals surface area contributed by atoms with Gasteiger partial charge in [0.15, 0.2) is 18.2 Å². The van der Waals surface area contributed by atoms with Crippen molar-refractivity contribution in [1.29, 1.82) is 0 Å². The van der Waals surface area contributed by atoms with E-state index in [9.17, 15) is 26.7 Å². The summed E-state index contributed by atoms with van der Waals surface area (Å²) in [4.78, 5) is 32.4. The number of amides is 1. The highest BCUT2D eigenvalue weighted by Gasteiger charge is 2.38. The van der Waals surface area contributed by atoms with Gasteiger partial charge in [-0.3, -0.25) is 4.79 Å². The maximum Gasteiger partial charge on any atom is 0.490 e. The second kappa shape index (κ2) is 13.2.